The van der Waals surface area contributed by atoms with Crippen LogP contribution < -0.4 is 5.73 Å². The highest BCUT2D eigenvalue weighted by Crippen LogP contribution is 2.23. The number of furan rings is 1. The minimum atomic E-state index is -0.468. The van der Waals surface area contributed by atoms with E-state index in [0.29, 0.717) is 29.9 Å². The van der Waals surface area contributed by atoms with Crippen molar-refractivity contribution < 1.29 is 18.7 Å². The summed E-state index contributed by atoms with van der Waals surface area (Å²) in [7, 11) is 0. The van der Waals surface area contributed by atoms with Gasteiger partial charge in [-0.1, -0.05) is 11.8 Å². The molecule has 124 valence electrons. The Balaban J connectivity index is 2.25. The van der Waals surface area contributed by atoms with Crippen LogP contribution in [-0.2, 0) is 27.3 Å². The Bertz CT molecular complexity index is 668. The molecule has 9 heteroatoms. The molecule has 2 aromatic rings. The van der Waals surface area contributed by atoms with Crippen molar-refractivity contribution in [2.45, 2.75) is 37.2 Å². The number of carbonyl (C=O) groups is 2. The first-order valence-corrected chi connectivity index (χ1v) is 7.95. The summed E-state index contributed by atoms with van der Waals surface area (Å²) < 4.78 is 12.0. The number of carbonyl (C=O) groups excluding carboxylic acids is 2. The monoisotopic (exact) mass is 338 g/mol. The summed E-state index contributed by atoms with van der Waals surface area (Å²) in [5, 5.41) is 8.10. The number of aromatic nitrogens is 3. The van der Waals surface area contributed by atoms with Gasteiger partial charge >= 0.3 is 5.97 Å². The molecule has 23 heavy (non-hydrogen) atoms. The fraction of sp³-hybridized carbons (Fsp3) is 0.429. The molecule has 1 unspecified atom stereocenters. The summed E-state index contributed by atoms with van der Waals surface area (Å²) in [6.45, 7) is 4.07. The second-order valence-corrected chi connectivity index (χ2v) is 6.02. The van der Waals surface area contributed by atoms with E-state index in [4.69, 9.17) is 14.9 Å². The number of hydrogen-bond acceptors (Lipinski definition) is 7. The van der Waals surface area contributed by atoms with Gasteiger partial charge in [-0.05, 0) is 26.0 Å². The van der Waals surface area contributed by atoms with E-state index in [1.54, 1.807) is 36.8 Å². The van der Waals surface area contributed by atoms with Crippen molar-refractivity contribution in [1.82, 2.24) is 14.8 Å². The van der Waals surface area contributed by atoms with Gasteiger partial charge in [0.2, 0.25) is 5.91 Å². The fourth-order valence-electron chi connectivity index (χ4n) is 1.81. The van der Waals surface area contributed by atoms with Gasteiger partial charge in [-0.2, -0.15) is 0 Å². The molecule has 0 aliphatic heterocycles. The van der Waals surface area contributed by atoms with Gasteiger partial charge in [0.05, 0.1) is 24.7 Å². The van der Waals surface area contributed by atoms with Crippen molar-refractivity contribution in [2.24, 2.45) is 5.73 Å². The molecule has 0 aliphatic carbocycles. The maximum absolute atomic E-state index is 11.7. The molecule has 2 heterocycles. The van der Waals surface area contributed by atoms with Crippen molar-refractivity contribution in [3.8, 4) is 0 Å². The SMILES string of the molecule is CCOC(=O)Cc1nnc(SC(C)C(N)=O)n1Cc1ccco1. The van der Waals surface area contributed by atoms with Crippen LogP contribution in [0.2, 0.25) is 0 Å². The average molecular weight is 338 g/mol. The molecule has 0 saturated heterocycles. The van der Waals surface area contributed by atoms with Crippen LogP contribution in [0.4, 0.5) is 0 Å². The number of rotatable bonds is 8. The molecular weight excluding hydrogens is 320 g/mol. The maximum Gasteiger partial charge on any atom is 0.313 e. The summed E-state index contributed by atoms with van der Waals surface area (Å²) >= 11 is 1.18. The molecule has 8 nitrogen and oxygen atoms in total. The third kappa shape index (κ3) is 4.59. The van der Waals surface area contributed by atoms with E-state index in [2.05, 4.69) is 10.2 Å². The van der Waals surface area contributed by atoms with E-state index < -0.39 is 11.2 Å². The van der Waals surface area contributed by atoms with Crippen molar-refractivity contribution in [3.63, 3.8) is 0 Å². The summed E-state index contributed by atoms with van der Waals surface area (Å²) in [5.41, 5.74) is 5.29. The van der Waals surface area contributed by atoms with Gasteiger partial charge in [0.25, 0.3) is 0 Å². The van der Waals surface area contributed by atoms with Crippen LogP contribution in [0.5, 0.6) is 0 Å². The smallest absolute Gasteiger partial charge is 0.313 e. The van der Waals surface area contributed by atoms with Crippen LogP contribution in [0.1, 0.15) is 25.4 Å². The predicted molar refractivity (Wildman–Crippen MR) is 82.7 cm³/mol. The number of thioether (sulfide) groups is 1. The van der Waals surface area contributed by atoms with Crippen molar-refractivity contribution >= 4 is 23.6 Å². The highest BCUT2D eigenvalue weighted by atomic mass is 32.2. The molecule has 0 spiro atoms. The highest BCUT2D eigenvalue weighted by molar-refractivity contribution is 8.00. The zero-order valence-electron chi connectivity index (χ0n) is 12.9. The van der Waals surface area contributed by atoms with Crippen molar-refractivity contribution in [3.05, 3.63) is 30.0 Å². The van der Waals surface area contributed by atoms with Gasteiger partial charge in [-0.3, -0.25) is 14.2 Å². The number of hydrogen-bond donors (Lipinski definition) is 1. The Morgan fingerprint density at radius 3 is 2.87 bits per heavy atom. The van der Waals surface area contributed by atoms with Crippen molar-refractivity contribution in [2.75, 3.05) is 6.61 Å². The Labute approximate surface area is 137 Å². The Morgan fingerprint density at radius 2 is 2.26 bits per heavy atom. The van der Waals surface area contributed by atoms with E-state index in [1.165, 1.54) is 11.8 Å². The number of esters is 1. The zero-order valence-corrected chi connectivity index (χ0v) is 13.7. The normalized spacial score (nSPS) is 12.1. The van der Waals surface area contributed by atoms with Crippen LogP contribution in [0, 0.1) is 0 Å². The minimum Gasteiger partial charge on any atom is -0.467 e. The largest absolute Gasteiger partial charge is 0.467 e. The molecule has 2 aromatic heterocycles. The fourth-order valence-corrected chi connectivity index (χ4v) is 2.63. The molecule has 0 fully saturated rings. The summed E-state index contributed by atoms with van der Waals surface area (Å²) in [6.07, 6.45) is 1.55. The number of primary amides is 1. The van der Waals surface area contributed by atoms with E-state index in [-0.39, 0.29) is 12.4 Å². The molecular formula is C14H18N4O4S. The van der Waals surface area contributed by atoms with Crippen LogP contribution in [0.3, 0.4) is 0 Å². The lowest BCUT2D eigenvalue weighted by molar-refractivity contribution is -0.142. The van der Waals surface area contributed by atoms with Gasteiger partial charge in [0, 0.05) is 0 Å². The topological polar surface area (TPSA) is 113 Å². The number of ether oxygens (including phenoxy) is 1. The molecule has 2 N–H and O–H groups in total. The first-order chi connectivity index (χ1) is 11.0. The minimum absolute atomic E-state index is 0.00688. The average Bonchev–Trinajstić information content (AvgIpc) is 3.12. The van der Waals surface area contributed by atoms with E-state index >= 15 is 0 Å². The lowest BCUT2D eigenvalue weighted by Gasteiger charge is -2.10. The summed E-state index contributed by atoms with van der Waals surface area (Å²) in [5.74, 6) is 0.289. The molecule has 0 aromatic carbocycles. The molecule has 1 amide bonds. The van der Waals surface area contributed by atoms with Crippen molar-refractivity contribution in [1.29, 1.82) is 0 Å². The van der Waals surface area contributed by atoms with E-state index in [9.17, 15) is 9.59 Å². The summed E-state index contributed by atoms with van der Waals surface area (Å²) in [4.78, 5) is 23.0. The first kappa shape index (κ1) is 17.1. The third-order valence-corrected chi connectivity index (χ3v) is 4.08. The van der Waals surface area contributed by atoms with Crippen LogP contribution in [-0.4, -0.2) is 38.5 Å². The molecule has 2 rings (SSSR count). The number of nitrogens with zero attached hydrogens (tertiary/aromatic N) is 3. The standard InChI is InChI=1S/C14H18N4O4S/c1-3-21-12(19)7-11-16-17-14(23-9(2)13(15)20)18(11)8-10-5-4-6-22-10/h4-6,9H,3,7-8H2,1-2H3,(H2,15,20). The molecule has 0 aliphatic rings. The number of amides is 1. The van der Waals surface area contributed by atoms with E-state index in [0.717, 1.165) is 0 Å². The van der Waals surface area contributed by atoms with Crippen LogP contribution >= 0.6 is 11.8 Å². The van der Waals surface area contributed by atoms with Gasteiger partial charge in [-0.25, -0.2) is 0 Å². The van der Waals surface area contributed by atoms with Gasteiger partial charge in [-0.15, -0.1) is 10.2 Å². The second kappa shape index (κ2) is 7.82. The Morgan fingerprint density at radius 1 is 1.48 bits per heavy atom. The summed E-state index contributed by atoms with van der Waals surface area (Å²) in [6, 6.07) is 3.57. The second-order valence-electron chi connectivity index (χ2n) is 4.71. The Hall–Kier alpha value is -2.29. The lowest BCUT2D eigenvalue weighted by atomic mass is 10.4. The molecule has 0 bridgehead atoms. The predicted octanol–water partition coefficient (Wildman–Crippen LogP) is 0.991. The molecule has 1 atom stereocenters. The zero-order chi connectivity index (χ0) is 16.8. The van der Waals surface area contributed by atoms with Gasteiger partial charge in [0.1, 0.15) is 18.0 Å². The molecule has 0 radical (unpaired) electrons. The highest BCUT2D eigenvalue weighted by Gasteiger charge is 2.21. The lowest BCUT2D eigenvalue weighted by Crippen LogP contribution is -2.23. The third-order valence-electron chi connectivity index (χ3n) is 2.98. The van der Waals surface area contributed by atoms with Crippen LogP contribution in [0.25, 0.3) is 0 Å². The first-order valence-electron chi connectivity index (χ1n) is 7.07. The quantitative estimate of drug-likeness (QED) is 0.564. The van der Waals surface area contributed by atoms with Gasteiger partial charge < -0.3 is 14.9 Å². The Kier molecular flexibility index (Phi) is 5.80. The van der Waals surface area contributed by atoms with E-state index in [1.807, 2.05) is 0 Å². The maximum atomic E-state index is 11.7. The number of nitrogens with two attached hydrogens (primary N) is 1. The van der Waals surface area contributed by atoms with Crippen LogP contribution in [0.15, 0.2) is 28.0 Å². The molecule has 0 saturated carbocycles. The van der Waals surface area contributed by atoms with Gasteiger partial charge in [0.15, 0.2) is 5.16 Å².